The van der Waals surface area contributed by atoms with Gasteiger partial charge in [-0.15, -0.1) is 0 Å². The number of nitrogens with one attached hydrogen (secondary N) is 1. The third-order valence-corrected chi connectivity index (χ3v) is 3.72. The molecule has 2 aromatic rings. The maximum atomic E-state index is 6.19. The molecule has 0 aliphatic carbocycles. The van der Waals surface area contributed by atoms with E-state index >= 15 is 0 Å². The molecule has 104 valence electrons. The molecule has 0 amide bonds. The number of nitrogens with two attached hydrogens (primary N) is 1. The molecule has 0 unspecified atom stereocenters. The summed E-state index contributed by atoms with van der Waals surface area (Å²) < 4.78 is 0. The smallest absolute Gasteiger partial charge is 0.159 e. The van der Waals surface area contributed by atoms with Crippen molar-refractivity contribution >= 4 is 34.6 Å². The van der Waals surface area contributed by atoms with E-state index in [1.54, 1.807) is 0 Å². The van der Waals surface area contributed by atoms with E-state index in [9.17, 15) is 0 Å². The Kier molecular flexibility index (Phi) is 3.60. The van der Waals surface area contributed by atoms with Crippen LogP contribution in [0.25, 0.3) is 0 Å². The van der Waals surface area contributed by atoms with E-state index in [1.807, 2.05) is 24.3 Å². The number of anilines is 4. The Balaban J connectivity index is 1.90. The number of benzene rings is 1. The molecule has 0 atom stereocenters. The molecule has 1 aliphatic heterocycles. The first-order valence-corrected chi connectivity index (χ1v) is 7.00. The molecular weight excluding hydrogens is 274 g/mol. The zero-order valence-corrected chi connectivity index (χ0v) is 11.8. The molecule has 6 heteroatoms. The average Bonchev–Trinajstić information content (AvgIpc) is 2.97. The van der Waals surface area contributed by atoms with E-state index in [2.05, 4.69) is 20.2 Å². The van der Waals surface area contributed by atoms with Crippen LogP contribution >= 0.6 is 11.6 Å². The first-order chi connectivity index (χ1) is 9.75. The van der Waals surface area contributed by atoms with Gasteiger partial charge in [-0.1, -0.05) is 23.7 Å². The lowest BCUT2D eigenvalue weighted by atomic mass is 10.3. The van der Waals surface area contributed by atoms with E-state index < -0.39 is 0 Å². The second kappa shape index (κ2) is 5.54. The van der Waals surface area contributed by atoms with Crippen LogP contribution in [-0.4, -0.2) is 23.1 Å². The van der Waals surface area contributed by atoms with Gasteiger partial charge in [-0.2, -0.15) is 0 Å². The summed E-state index contributed by atoms with van der Waals surface area (Å²) in [7, 11) is 0. The molecule has 1 aromatic carbocycles. The van der Waals surface area contributed by atoms with Crippen LogP contribution in [0.5, 0.6) is 0 Å². The van der Waals surface area contributed by atoms with E-state index in [0.29, 0.717) is 16.5 Å². The molecule has 0 radical (unpaired) electrons. The monoisotopic (exact) mass is 289 g/mol. The first kappa shape index (κ1) is 13.0. The minimum absolute atomic E-state index is 0.564. The quantitative estimate of drug-likeness (QED) is 0.909. The van der Waals surface area contributed by atoms with Crippen LogP contribution in [0.1, 0.15) is 12.8 Å². The van der Waals surface area contributed by atoms with Crippen molar-refractivity contribution in [2.75, 3.05) is 29.0 Å². The Morgan fingerprint density at radius 3 is 2.65 bits per heavy atom. The number of rotatable bonds is 3. The fraction of sp³-hybridized carbons (Fsp3) is 0.286. The molecule has 3 N–H and O–H groups in total. The van der Waals surface area contributed by atoms with Gasteiger partial charge in [0, 0.05) is 13.1 Å². The predicted octanol–water partition coefficient (Wildman–Crippen LogP) is 3.06. The van der Waals surface area contributed by atoms with Crippen LogP contribution in [0.4, 0.5) is 23.0 Å². The van der Waals surface area contributed by atoms with Crippen molar-refractivity contribution in [3.05, 3.63) is 35.6 Å². The fourth-order valence-electron chi connectivity index (χ4n) is 2.36. The maximum absolute atomic E-state index is 6.19. The summed E-state index contributed by atoms with van der Waals surface area (Å²) in [4.78, 5) is 10.7. The van der Waals surface area contributed by atoms with E-state index in [1.165, 1.54) is 19.2 Å². The molecule has 1 fully saturated rings. The van der Waals surface area contributed by atoms with Gasteiger partial charge in [-0.25, -0.2) is 9.97 Å². The molecule has 5 nitrogen and oxygen atoms in total. The largest absolute Gasteiger partial charge is 0.393 e. The van der Waals surface area contributed by atoms with Gasteiger partial charge in [-0.3, -0.25) is 0 Å². The summed E-state index contributed by atoms with van der Waals surface area (Å²) >= 11 is 6.14. The van der Waals surface area contributed by atoms with Crippen molar-refractivity contribution in [3.8, 4) is 0 Å². The highest BCUT2D eigenvalue weighted by Gasteiger charge is 2.18. The van der Waals surface area contributed by atoms with Crippen LogP contribution in [0, 0.1) is 0 Å². The number of para-hydroxylation sites is 1. The second-order valence-electron chi connectivity index (χ2n) is 4.76. The summed E-state index contributed by atoms with van der Waals surface area (Å²) in [6, 6.07) is 7.50. The van der Waals surface area contributed by atoms with Crippen molar-refractivity contribution in [3.63, 3.8) is 0 Å². The third-order valence-electron chi connectivity index (χ3n) is 3.40. The van der Waals surface area contributed by atoms with Crippen LogP contribution < -0.4 is 16.0 Å². The van der Waals surface area contributed by atoms with Crippen LogP contribution in [0.15, 0.2) is 30.6 Å². The van der Waals surface area contributed by atoms with Crippen LogP contribution in [0.2, 0.25) is 5.02 Å². The second-order valence-corrected chi connectivity index (χ2v) is 5.17. The molecule has 1 aromatic heterocycles. The Labute approximate surface area is 122 Å². The van der Waals surface area contributed by atoms with Crippen molar-refractivity contribution < 1.29 is 0 Å². The Bertz CT molecular complexity index is 610. The lowest BCUT2D eigenvalue weighted by molar-refractivity contribution is 0.931. The van der Waals surface area contributed by atoms with Gasteiger partial charge in [0.25, 0.3) is 0 Å². The summed E-state index contributed by atoms with van der Waals surface area (Å²) in [5.41, 5.74) is 7.54. The Morgan fingerprint density at radius 1 is 1.15 bits per heavy atom. The highest BCUT2D eigenvalue weighted by Crippen LogP contribution is 2.32. The maximum Gasteiger partial charge on any atom is 0.159 e. The van der Waals surface area contributed by atoms with Gasteiger partial charge in [0.05, 0.1) is 10.7 Å². The minimum Gasteiger partial charge on any atom is -0.393 e. The zero-order chi connectivity index (χ0) is 13.9. The average molecular weight is 290 g/mol. The molecular formula is C14H16ClN5. The van der Waals surface area contributed by atoms with E-state index in [4.69, 9.17) is 17.3 Å². The van der Waals surface area contributed by atoms with Gasteiger partial charge in [0.15, 0.2) is 11.6 Å². The van der Waals surface area contributed by atoms with Gasteiger partial charge in [0.1, 0.15) is 12.0 Å². The molecule has 1 saturated heterocycles. The number of aromatic nitrogens is 2. The van der Waals surface area contributed by atoms with Gasteiger partial charge in [0.2, 0.25) is 0 Å². The Hall–Kier alpha value is -2.01. The topological polar surface area (TPSA) is 67.1 Å². The van der Waals surface area contributed by atoms with Gasteiger partial charge >= 0.3 is 0 Å². The van der Waals surface area contributed by atoms with E-state index in [0.717, 1.165) is 24.6 Å². The standard InChI is InChI=1S/C14H16ClN5/c15-10-5-1-2-6-11(10)19-13-12(16)14(18-9-17-13)20-7-3-4-8-20/h1-2,5-6,9H,3-4,7-8,16H2,(H,17,18,19). The lowest BCUT2D eigenvalue weighted by Crippen LogP contribution is -2.21. The molecule has 0 saturated carbocycles. The predicted molar refractivity (Wildman–Crippen MR) is 82.6 cm³/mol. The van der Waals surface area contributed by atoms with Crippen molar-refractivity contribution in [1.29, 1.82) is 0 Å². The van der Waals surface area contributed by atoms with Crippen molar-refractivity contribution in [2.24, 2.45) is 0 Å². The molecule has 0 bridgehead atoms. The summed E-state index contributed by atoms with van der Waals surface area (Å²) in [6.07, 6.45) is 3.89. The van der Waals surface area contributed by atoms with Crippen molar-refractivity contribution in [2.45, 2.75) is 12.8 Å². The summed E-state index contributed by atoms with van der Waals surface area (Å²) in [6.45, 7) is 1.99. The molecule has 1 aliphatic rings. The SMILES string of the molecule is Nc1c(Nc2ccccc2Cl)ncnc1N1CCCC1. The van der Waals surface area contributed by atoms with E-state index in [-0.39, 0.29) is 0 Å². The number of halogens is 1. The number of nitrogen functional groups attached to an aromatic ring is 1. The number of nitrogens with zero attached hydrogens (tertiary/aromatic N) is 3. The number of hydrogen-bond acceptors (Lipinski definition) is 5. The van der Waals surface area contributed by atoms with Gasteiger partial charge < -0.3 is 16.0 Å². The first-order valence-electron chi connectivity index (χ1n) is 6.62. The molecule has 0 spiro atoms. The van der Waals surface area contributed by atoms with Crippen LogP contribution in [-0.2, 0) is 0 Å². The zero-order valence-electron chi connectivity index (χ0n) is 11.0. The van der Waals surface area contributed by atoms with Crippen LogP contribution in [0.3, 0.4) is 0 Å². The molecule has 20 heavy (non-hydrogen) atoms. The normalized spacial score (nSPS) is 14.6. The summed E-state index contributed by atoms with van der Waals surface area (Å²) in [5.74, 6) is 1.39. The van der Waals surface area contributed by atoms with Crippen molar-refractivity contribution in [1.82, 2.24) is 9.97 Å². The fourth-order valence-corrected chi connectivity index (χ4v) is 2.54. The number of hydrogen-bond donors (Lipinski definition) is 2. The highest BCUT2D eigenvalue weighted by molar-refractivity contribution is 6.33. The molecule has 2 heterocycles. The Morgan fingerprint density at radius 2 is 1.90 bits per heavy atom. The lowest BCUT2D eigenvalue weighted by Gasteiger charge is -2.19. The summed E-state index contributed by atoms with van der Waals surface area (Å²) in [5, 5.41) is 3.80. The van der Waals surface area contributed by atoms with Gasteiger partial charge in [-0.05, 0) is 25.0 Å². The third kappa shape index (κ3) is 2.49. The molecule has 3 rings (SSSR count). The minimum atomic E-state index is 0.564. The highest BCUT2D eigenvalue weighted by atomic mass is 35.5.